The SMILES string of the molecule is COc1ccccc1/C=C/CN(CCN1CCN(C(=O)c2ccc(Cl)c(Cl)c2)CC1)C(=O)C1CCCCC1. The Morgan fingerprint density at radius 2 is 1.74 bits per heavy atom. The van der Waals surface area contributed by atoms with Crippen molar-refractivity contribution in [2.24, 2.45) is 5.92 Å². The first-order valence-corrected chi connectivity index (χ1v) is 14.3. The van der Waals surface area contributed by atoms with Crippen molar-refractivity contribution >= 4 is 41.1 Å². The van der Waals surface area contributed by atoms with Crippen molar-refractivity contribution in [1.29, 1.82) is 0 Å². The summed E-state index contributed by atoms with van der Waals surface area (Å²) in [6, 6.07) is 12.9. The van der Waals surface area contributed by atoms with Gasteiger partial charge < -0.3 is 14.5 Å². The summed E-state index contributed by atoms with van der Waals surface area (Å²) in [6.07, 6.45) is 9.57. The van der Waals surface area contributed by atoms with E-state index in [1.807, 2.05) is 40.1 Å². The molecule has 0 bridgehead atoms. The van der Waals surface area contributed by atoms with Crippen molar-refractivity contribution in [2.45, 2.75) is 32.1 Å². The van der Waals surface area contributed by atoms with E-state index in [9.17, 15) is 9.59 Å². The minimum atomic E-state index is -0.0289. The maximum absolute atomic E-state index is 13.5. The van der Waals surface area contributed by atoms with Gasteiger partial charge >= 0.3 is 0 Å². The molecule has 1 saturated carbocycles. The lowest BCUT2D eigenvalue weighted by atomic mass is 9.88. The minimum Gasteiger partial charge on any atom is -0.496 e. The molecule has 1 aliphatic carbocycles. The average molecular weight is 559 g/mol. The zero-order valence-corrected chi connectivity index (χ0v) is 23.6. The van der Waals surface area contributed by atoms with Crippen molar-refractivity contribution in [3.63, 3.8) is 0 Å². The number of piperazine rings is 1. The van der Waals surface area contributed by atoms with E-state index in [2.05, 4.69) is 11.0 Å². The summed E-state index contributed by atoms with van der Waals surface area (Å²) in [5.74, 6) is 1.19. The van der Waals surface area contributed by atoms with Crippen molar-refractivity contribution in [3.8, 4) is 5.75 Å². The van der Waals surface area contributed by atoms with Crippen molar-refractivity contribution in [2.75, 3.05) is 52.9 Å². The molecule has 0 atom stereocenters. The smallest absolute Gasteiger partial charge is 0.253 e. The van der Waals surface area contributed by atoms with Crippen LogP contribution in [0, 0.1) is 5.92 Å². The second-order valence-corrected chi connectivity index (χ2v) is 10.8. The number of nitrogens with zero attached hydrogens (tertiary/aromatic N) is 3. The average Bonchev–Trinajstić information content (AvgIpc) is 2.96. The quantitative estimate of drug-likeness (QED) is 0.386. The Kier molecular flexibility index (Phi) is 10.5. The van der Waals surface area contributed by atoms with Crippen LogP contribution in [0.4, 0.5) is 0 Å². The molecule has 4 rings (SSSR count). The summed E-state index contributed by atoms with van der Waals surface area (Å²) >= 11 is 12.1. The van der Waals surface area contributed by atoms with Crippen LogP contribution in [-0.2, 0) is 4.79 Å². The Hall–Kier alpha value is -2.54. The third-order valence-corrected chi connectivity index (χ3v) is 8.28. The number of halogens is 2. The zero-order valence-electron chi connectivity index (χ0n) is 22.1. The van der Waals surface area contributed by atoms with Gasteiger partial charge in [0.2, 0.25) is 5.91 Å². The van der Waals surface area contributed by atoms with Crippen LogP contribution in [0.25, 0.3) is 6.08 Å². The number of benzene rings is 2. The van der Waals surface area contributed by atoms with Crippen LogP contribution in [0.3, 0.4) is 0 Å². The van der Waals surface area contributed by atoms with Crippen molar-refractivity contribution in [1.82, 2.24) is 14.7 Å². The van der Waals surface area contributed by atoms with E-state index >= 15 is 0 Å². The third kappa shape index (κ3) is 7.52. The van der Waals surface area contributed by atoms with E-state index in [0.29, 0.717) is 41.8 Å². The van der Waals surface area contributed by atoms with E-state index in [0.717, 1.165) is 56.6 Å². The normalized spacial score (nSPS) is 17.1. The van der Waals surface area contributed by atoms with Gasteiger partial charge in [-0.1, -0.05) is 72.8 Å². The van der Waals surface area contributed by atoms with Crippen LogP contribution >= 0.6 is 23.2 Å². The molecule has 1 aliphatic heterocycles. The third-order valence-electron chi connectivity index (χ3n) is 7.54. The summed E-state index contributed by atoms with van der Waals surface area (Å²) in [5, 5.41) is 0.830. The number of ether oxygens (including phenoxy) is 1. The van der Waals surface area contributed by atoms with E-state index in [1.54, 1.807) is 25.3 Å². The molecule has 1 heterocycles. The molecule has 6 nitrogen and oxygen atoms in total. The lowest BCUT2D eigenvalue weighted by Crippen LogP contribution is -2.51. The molecule has 1 saturated heterocycles. The molecular weight excluding hydrogens is 521 g/mol. The van der Waals surface area contributed by atoms with Gasteiger partial charge in [-0.25, -0.2) is 0 Å². The van der Waals surface area contributed by atoms with Gasteiger partial charge in [0.1, 0.15) is 5.75 Å². The fourth-order valence-electron chi connectivity index (χ4n) is 5.26. The highest BCUT2D eigenvalue weighted by Crippen LogP contribution is 2.26. The van der Waals surface area contributed by atoms with Crippen molar-refractivity contribution in [3.05, 3.63) is 69.7 Å². The Labute approximate surface area is 236 Å². The predicted molar refractivity (Wildman–Crippen MR) is 154 cm³/mol. The van der Waals surface area contributed by atoms with Crippen LogP contribution < -0.4 is 4.74 Å². The van der Waals surface area contributed by atoms with Crippen molar-refractivity contribution < 1.29 is 14.3 Å². The summed E-state index contributed by atoms with van der Waals surface area (Å²) in [5.41, 5.74) is 1.56. The molecule has 0 N–H and O–H groups in total. The topological polar surface area (TPSA) is 53.1 Å². The van der Waals surface area contributed by atoms with Crippen LogP contribution in [0.15, 0.2) is 48.5 Å². The first kappa shape index (κ1) is 28.5. The van der Waals surface area contributed by atoms with Gasteiger partial charge in [0.05, 0.1) is 17.2 Å². The Bertz CT molecular complexity index is 1130. The fraction of sp³-hybridized carbons (Fsp3) is 0.467. The molecule has 0 radical (unpaired) electrons. The van der Waals surface area contributed by atoms with Gasteiger partial charge in [-0.3, -0.25) is 14.5 Å². The highest BCUT2D eigenvalue weighted by Gasteiger charge is 2.27. The van der Waals surface area contributed by atoms with Crippen LogP contribution in [0.5, 0.6) is 5.75 Å². The second-order valence-electron chi connectivity index (χ2n) is 10.0. The van der Waals surface area contributed by atoms with Gasteiger partial charge in [0.25, 0.3) is 5.91 Å². The van der Waals surface area contributed by atoms with E-state index in [-0.39, 0.29) is 17.7 Å². The van der Waals surface area contributed by atoms with E-state index < -0.39 is 0 Å². The highest BCUT2D eigenvalue weighted by atomic mass is 35.5. The maximum Gasteiger partial charge on any atom is 0.253 e. The molecule has 2 amide bonds. The number of carbonyl (C=O) groups excluding carboxylic acids is 2. The Morgan fingerprint density at radius 1 is 1.00 bits per heavy atom. The first-order valence-electron chi connectivity index (χ1n) is 13.5. The number of amides is 2. The molecule has 8 heteroatoms. The van der Waals surface area contributed by atoms with Gasteiger partial charge in [-0.05, 0) is 37.1 Å². The highest BCUT2D eigenvalue weighted by molar-refractivity contribution is 6.42. The molecule has 2 fully saturated rings. The molecule has 204 valence electrons. The standard InChI is InChI=1S/C30H37Cl2N3O3/c1-38-28-12-6-5-8-23(28)11-7-15-34(29(36)24-9-3-2-4-10-24)19-16-33-17-20-35(21-18-33)30(37)25-13-14-26(31)27(32)22-25/h5-8,11-14,22,24H,2-4,9-10,15-21H2,1H3/b11-7+. The van der Waals surface area contributed by atoms with Gasteiger partial charge in [-0.15, -0.1) is 0 Å². The summed E-state index contributed by atoms with van der Waals surface area (Å²) in [7, 11) is 1.67. The summed E-state index contributed by atoms with van der Waals surface area (Å²) in [6.45, 7) is 4.86. The molecule has 0 spiro atoms. The van der Waals surface area contributed by atoms with Crippen LogP contribution in [0.1, 0.15) is 48.0 Å². The molecule has 0 aromatic heterocycles. The van der Waals surface area contributed by atoms with Gasteiger partial charge in [-0.2, -0.15) is 0 Å². The molecule has 2 aliphatic rings. The second kappa shape index (κ2) is 14.0. The predicted octanol–water partition coefficient (Wildman–Crippen LogP) is 5.88. The summed E-state index contributed by atoms with van der Waals surface area (Å²) < 4.78 is 5.46. The number of methoxy groups -OCH3 is 1. The van der Waals surface area contributed by atoms with Crippen LogP contribution in [-0.4, -0.2) is 79.4 Å². The van der Waals surface area contributed by atoms with Crippen LogP contribution in [0.2, 0.25) is 10.0 Å². The largest absolute Gasteiger partial charge is 0.496 e. The number of carbonyl (C=O) groups is 2. The summed E-state index contributed by atoms with van der Waals surface area (Å²) in [4.78, 5) is 32.6. The van der Waals surface area contributed by atoms with Gasteiger partial charge in [0.15, 0.2) is 0 Å². The fourth-order valence-corrected chi connectivity index (χ4v) is 5.56. The molecule has 38 heavy (non-hydrogen) atoms. The number of hydrogen-bond donors (Lipinski definition) is 0. The lowest BCUT2D eigenvalue weighted by molar-refractivity contribution is -0.136. The number of para-hydroxylation sites is 1. The maximum atomic E-state index is 13.5. The molecule has 2 aromatic rings. The zero-order chi connectivity index (χ0) is 26.9. The van der Waals surface area contributed by atoms with E-state index in [4.69, 9.17) is 27.9 Å². The molecule has 0 unspecified atom stereocenters. The molecular formula is C30H37Cl2N3O3. The number of hydrogen-bond acceptors (Lipinski definition) is 4. The minimum absolute atomic E-state index is 0.0289. The monoisotopic (exact) mass is 557 g/mol. The Balaban J connectivity index is 1.33. The first-order chi connectivity index (χ1) is 18.5. The van der Waals surface area contributed by atoms with Gasteiger partial charge in [0, 0.05) is 62.9 Å². The Morgan fingerprint density at radius 3 is 2.45 bits per heavy atom. The lowest BCUT2D eigenvalue weighted by Gasteiger charge is -2.36. The number of rotatable bonds is 9. The van der Waals surface area contributed by atoms with E-state index in [1.165, 1.54) is 6.42 Å². The molecule has 2 aromatic carbocycles.